The van der Waals surface area contributed by atoms with Crippen molar-refractivity contribution in [3.63, 3.8) is 0 Å². The predicted molar refractivity (Wildman–Crippen MR) is 57.1 cm³/mol. The van der Waals surface area contributed by atoms with E-state index in [4.69, 9.17) is 10.5 Å². The van der Waals surface area contributed by atoms with Crippen molar-refractivity contribution in [2.75, 3.05) is 13.1 Å². The monoisotopic (exact) mass is 216 g/mol. The standard InChI is InChI=1S/C10H20N2O3/c1-7(2)15-8(13)5-12-6-10(3,4)9(11)14/h7,12H,5-6H2,1-4H3,(H2,11,14). The Balaban J connectivity index is 3.80. The Kier molecular flexibility index (Phi) is 5.28. The van der Waals surface area contributed by atoms with E-state index in [-0.39, 0.29) is 18.6 Å². The number of primary amides is 1. The Morgan fingerprint density at radius 1 is 1.40 bits per heavy atom. The molecular formula is C10H20N2O3. The summed E-state index contributed by atoms with van der Waals surface area (Å²) in [6, 6.07) is 0. The molecule has 0 saturated heterocycles. The summed E-state index contributed by atoms with van der Waals surface area (Å²) in [7, 11) is 0. The van der Waals surface area contributed by atoms with E-state index in [1.54, 1.807) is 27.7 Å². The molecular weight excluding hydrogens is 196 g/mol. The van der Waals surface area contributed by atoms with Crippen LogP contribution in [0, 0.1) is 5.41 Å². The molecule has 5 heteroatoms. The number of carbonyl (C=O) groups excluding carboxylic acids is 2. The molecule has 0 saturated carbocycles. The Morgan fingerprint density at radius 2 is 1.93 bits per heavy atom. The molecule has 0 aliphatic carbocycles. The van der Waals surface area contributed by atoms with Crippen LogP contribution in [0.15, 0.2) is 0 Å². The minimum Gasteiger partial charge on any atom is -0.462 e. The summed E-state index contributed by atoms with van der Waals surface area (Å²) in [4.78, 5) is 22.0. The Labute approximate surface area is 90.4 Å². The third-order valence-electron chi connectivity index (χ3n) is 1.87. The summed E-state index contributed by atoms with van der Waals surface area (Å²) < 4.78 is 4.91. The molecule has 0 aromatic rings. The molecule has 1 amide bonds. The first kappa shape index (κ1) is 13.9. The van der Waals surface area contributed by atoms with Gasteiger partial charge in [0.2, 0.25) is 5.91 Å². The van der Waals surface area contributed by atoms with Crippen LogP contribution in [-0.4, -0.2) is 31.1 Å². The molecule has 0 unspecified atom stereocenters. The van der Waals surface area contributed by atoms with Gasteiger partial charge in [-0.1, -0.05) is 0 Å². The molecule has 3 N–H and O–H groups in total. The van der Waals surface area contributed by atoms with Crippen molar-refractivity contribution in [3.05, 3.63) is 0 Å². The first-order valence-electron chi connectivity index (χ1n) is 4.96. The molecule has 0 aliphatic rings. The lowest BCUT2D eigenvalue weighted by atomic mass is 9.93. The van der Waals surface area contributed by atoms with Crippen LogP contribution in [0.2, 0.25) is 0 Å². The van der Waals surface area contributed by atoms with Crippen molar-refractivity contribution >= 4 is 11.9 Å². The molecule has 0 atom stereocenters. The lowest BCUT2D eigenvalue weighted by Gasteiger charge is -2.20. The quantitative estimate of drug-likeness (QED) is 0.614. The van der Waals surface area contributed by atoms with Crippen LogP contribution < -0.4 is 11.1 Å². The number of carbonyl (C=O) groups is 2. The highest BCUT2D eigenvalue weighted by Gasteiger charge is 2.24. The van der Waals surface area contributed by atoms with Gasteiger partial charge in [-0.25, -0.2) is 0 Å². The smallest absolute Gasteiger partial charge is 0.320 e. The third-order valence-corrected chi connectivity index (χ3v) is 1.87. The molecule has 0 spiro atoms. The zero-order chi connectivity index (χ0) is 12.1. The number of ether oxygens (including phenoxy) is 1. The van der Waals surface area contributed by atoms with E-state index >= 15 is 0 Å². The molecule has 0 fully saturated rings. The van der Waals surface area contributed by atoms with E-state index in [0.29, 0.717) is 6.54 Å². The van der Waals surface area contributed by atoms with Gasteiger partial charge < -0.3 is 15.8 Å². The molecule has 0 bridgehead atoms. The van der Waals surface area contributed by atoms with Gasteiger partial charge in [0.05, 0.1) is 18.1 Å². The van der Waals surface area contributed by atoms with Gasteiger partial charge in [0.15, 0.2) is 0 Å². The molecule has 0 aliphatic heterocycles. The predicted octanol–water partition coefficient (Wildman–Crippen LogP) is 0.0391. The van der Waals surface area contributed by atoms with E-state index in [1.165, 1.54) is 0 Å². The highest BCUT2D eigenvalue weighted by molar-refractivity contribution is 5.80. The summed E-state index contributed by atoms with van der Waals surface area (Å²) in [5.74, 6) is -0.725. The molecule has 0 aromatic carbocycles. The minimum absolute atomic E-state index is 0.0922. The summed E-state index contributed by atoms with van der Waals surface area (Å²) >= 11 is 0. The molecule has 88 valence electrons. The normalized spacial score (nSPS) is 11.5. The van der Waals surface area contributed by atoms with E-state index < -0.39 is 11.3 Å². The van der Waals surface area contributed by atoms with Crippen molar-refractivity contribution in [1.29, 1.82) is 0 Å². The van der Waals surface area contributed by atoms with Gasteiger partial charge >= 0.3 is 5.97 Å². The van der Waals surface area contributed by atoms with E-state index in [9.17, 15) is 9.59 Å². The summed E-state index contributed by atoms with van der Waals surface area (Å²) in [6.45, 7) is 7.45. The molecule has 0 heterocycles. The number of hydrogen-bond acceptors (Lipinski definition) is 4. The summed E-state index contributed by atoms with van der Waals surface area (Å²) in [5.41, 5.74) is 4.52. The zero-order valence-electron chi connectivity index (χ0n) is 9.79. The van der Waals surface area contributed by atoms with Crippen LogP contribution in [0.1, 0.15) is 27.7 Å². The number of rotatable bonds is 6. The van der Waals surface area contributed by atoms with Gasteiger partial charge in [-0.05, 0) is 27.7 Å². The fraction of sp³-hybridized carbons (Fsp3) is 0.800. The second-order valence-electron chi connectivity index (χ2n) is 4.39. The fourth-order valence-corrected chi connectivity index (χ4v) is 0.869. The number of nitrogens with one attached hydrogen (secondary N) is 1. The van der Waals surface area contributed by atoms with Crippen molar-refractivity contribution in [1.82, 2.24) is 5.32 Å². The first-order chi connectivity index (χ1) is 6.75. The second kappa shape index (κ2) is 5.70. The minimum atomic E-state index is -0.655. The van der Waals surface area contributed by atoms with Crippen molar-refractivity contribution in [2.24, 2.45) is 11.1 Å². The number of esters is 1. The van der Waals surface area contributed by atoms with Gasteiger partial charge in [0, 0.05) is 6.54 Å². The topological polar surface area (TPSA) is 81.4 Å². The highest BCUT2D eigenvalue weighted by Crippen LogP contribution is 2.11. The van der Waals surface area contributed by atoms with Gasteiger partial charge in [-0.15, -0.1) is 0 Å². The van der Waals surface area contributed by atoms with Crippen molar-refractivity contribution in [3.8, 4) is 0 Å². The third kappa shape index (κ3) is 6.06. The van der Waals surface area contributed by atoms with E-state index in [0.717, 1.165) is 0 Å². The number of amides is 1. The molecule has 0 radical (unpaired) electrons. The van der Waals surface area contributed by atoms with Crippen LogP contribution in [-0.2, 0) is 14.3 Å². The Bertz CT molecular complexity index is 237. The van der Waals surface area contributed by atoms with Crippen LogP contribution in [0.4, 0.5) is 0 Å². The average molecular weight is 216 g/mol. The average Bonchev–Trinajstić information content (AvgIpc) is 2.01. The molecule has 5 nitrogen and oxygen atoms in total. The van der Waals surface area contributed by atoms with Crippen LogP contribution in [0.5, 0.6) is 0 Å². The van der Waals surface area contributed by atoms with Crippen molar-refractivity contribution < 1.29 is 14.3 Å². The van der Waals surface area contributed by atoms with Gasteiger partial charge in [-0.3, -0.25) is 9.59 Å². The van der Waals surface area contributed by atoms with Crippen LogP contribution in [0.25, 0.3) is 0 Å². The van der Waals surface area contributed by atoms with Crippen LogP contribution >= 0.6 is 0 Å². The zero-order valence-corrected chi connectivity index (χ0v) is 9.79. The Morgan fingerprint density at radius 3 is 2.33 bits per heavy atom. The van der Waals surface area contributed by atoms with Crippen LogP contribution in [0.3, 0.4) is 0 Å². The Hall–Kier alpha value is -1.10. The molecule has 0 rings (SSSR count). The highest BCUT2D eigenvalue weighted by atomic mass is 16.5. The fourth-order valence-electron chi connectivity index (χ4n) is 0.869. The van der Waals surface area contributed by atoms with Gasteiger partial charge in [-0.2, -0.15) is 0 Å². The largest absolute Gasteiger partial charge is 0.462 e. The SMILES string of the molecule is CC(C)OC(=O)CNCC(C)(C)C(N)=O. The lowest BCUT2D eigenvalue weighted by molar-refractivity contribution is -0.146. The lowest BCUT2D eigenvalue weighted by Crippen LogP contribution is -2.42. The van der Waals surface area contributed by atoms with Gasteiger partial charge in [0.25, 0.3) is 0 Å². The summed E-state index contributed by atoms with van der Waals surface area (Å²) in [6.07, 6.45) is -0.122. The maximum atomic E-state index is 11.1. The maximum absolute atomic E-state index is 11.1. The van der Waals surface area contributed by atoms with Gasteiger partial charge in [0.1, 0.15) is 0 Å². The maximum Gasteiger partial charge on any atom is 0.320 e. The first-order valence-corrected chi connectivity index (χ1v) is 4.96. The summed E-state index contributed by atoms with van der Waals surface area (Å²) in [5, 5.41) is 2.84. The molecule has 15 heavy (non-hydrogen) atoms. The number of hydrogen-bond donors (Lipinski definition) is 2. The molecule has 0 aromatic heterocycles. The van der Waals surface area contributed by atoms with E-state index in [2.05, 4.69) is 5.32 Å². The number of nitrogens with two attached hydrogens (primary N) is 1. The van der Waals surface area contributed by atoms with E-state index in [1.807, 2.05) is 0 Å². The van der Waals surface area contributed by atoms with Crippen molar-refractivity contribution in [2.45, 2.75) is 33.8 Å². The second-order valence-corrected chi connectivity index (χ2v) is 4.39.